The van der Waals surface area contributed by atoms with E-state index in [1.165, 1.54) is 25.7 Å². The maximum Gasteiger partial charge on any atom is 0.145 e. The third-order valence-corrected chi connectivity index (χ3v) is 4.24. The van der Waals surface area contributed by atoms with Crippen molar-refractivity contribution in [3.05, 3.63) is 11.9 Å². The van der Waals surface area contributed by atoms with Crippen molar-refractivity contribution in [2.75, 3.05) is 10.7 Å². The molecule has 1 aromatic rings. The van der Waals surface area contributed by atoms with E-state index in [0.29, 0.717) is 17.3 Å². The predicted octanol–water partition coefficient (Wildman–Crippen LogP) is 3.44. The molecule has 5 nitrogen and oxygen atoms in total. The topological polar surface area (TPSA) is 75.9 Å². The largest absolute Gasteiger partial charge is 0.367 e. The van der Waals surface area contributed by atoms with Crippen molar-refractivity contribution in [3.63, 3.8) is 0 Å². The van der Waals surface area contributed by atoms with Gasteiger partial charge in [-0.25, -0.2) is 15.8 Å². The molecule has 1 aromatic heterocycles. The first-order chi connectivity index (χ1) is 9.69. The highest BCUT2D eigenvalue weighted by Gasteiger charge is 2.27. The molecule has 1 aliphatic carbocycles. The van der Waals surface area contributed by atoms with Gasteiger partial charge in [-0.3, -0.25) is 0 Å². The summed E-state index contributed by atoms with van der Waals surface area (Å²) in [5, 5.41) is 3.56. The lowest BCUT2D eigenvalue weighted by atomic mass is 9.75. The zero-order valence-electron chi connectivity index (χ0n) is 14.0. The number of nitrogens with two attached hydrogens (primary N) is 1. The summed E-state index contributed by atoms with van der Waals surface area (Å²) in [4.78, 5) is 9.12. The zero-order chi connectivity index (χ0) is 15.7. The van der Waals surface area contributed by atoms with Gasteiger partial charge in [0.25, 0.3) is 0 Å². The van der Waals surface area contributed by atoms with Gasteiger partial charge in [-0.15, -0.1) is 0 Å². The van der Waals surface area contributed by atoms with Crippen LogP contribution in [0.1, 0.15) is 66.1 Å². The van der Waals surface area contributed by atoms with E-state index in [0.717, 1.165) is 11.6 Å². The molecule has 4 N–H and O–H groups in total. The quantitative estimate of drug-likeness (QED) is 0.587. The molecule has 1 heterocycles. The normalized spacial score (nSPS) is 19.3. The maximum atomic E-state index is 5.53. The lowest BCUT2D eigenvalue weighted by Crippen LogP contribution is -2.30. The van der Waals surface area contributed by atoms with E-state index in [9.17, 15) is 0 Å². The van der Waals surface area contributed by atoms with Crippen molar-refractivity contribution in [3.8, 4) is 0 Å². The number of aromatic nitrogens is 2. The molecule has 118 valence electrons. The smallest absolute Gasteiger partial charge is 0.145 e. The molecular weight excluding hydrogens is 262 g/mol. The number of nitrogens with zero attached hydrogens (tertiary/aromatic N) is 2. The molecule has 1 aliphatic rings. The van der Waals surface area contributed by atoms with Crippen molar-refractivity contribution in [2.24, 2.45) is 11.3 Å². The minimum atomic E-state index is -0.0994. The molecule has 0 saturated heterocycles. The molecule has 1 fully saturated rings. The first-order valence-corrected chi connectivity index (χ1v) is 7.82. The number of rotatable bonds is 3. The van der Waals surface area contributed by atoms with E-state index >= 15 is 0 Å². The predicted molar refractivity (Wildman–Crippen MR) is 88.2 cm³/mol. The van der Waals surface area contributed by atoms with Crippen LogP contribution >= 0.6 is 0 Å². The Morgan fingerprint density at radius 1 is 1.14 bits per heavy atom. The van der Waals surface area contributed by atoms with Crippen molar-refractivity contribution < 1.29 is 0 Å². The van der Waals surface area contributed by atoms with Gasteiger partial charge >= 0.3 is 0 Å². The van der Waals surface area contributed by atoms with Gasteiger partial charge in [-0.1, -0.05) is 34.6 Å². The average molecular weight is 291 g/mol. The van der Waals surface area contributed by atoms with Crippen LogP contribution in [0.4, 0.5) is 11.6 Å². The molecule has 2 rings (SSSR count). The van der Waals surface area contributed by atoms with Gasteiger partial charge in [-0.05, 0) is 31.1 Å². The van der Waals surface area contributed by atoms with E-state index in [1.807, 2.05) is 6.07 Å². The number of hydrogen-bond acceptors (Lipinski definition) is 5. The Labute approximate surface area is 128 Å². The Morgan fingerprint density at radius 3 is 2.24 bits per heavy atom. The van der Waals surface area contributed by atoms with Crippen LogP contribution in [0.2, 0.25) is 0 Å². The first-order valence-electron chi connectivity index (χ1n) is 7.82. The summed E-state index contributed by atoms with van der Waals surface area (Å²) >= 11 is 0. The van der Waals surface area contributed by atoms with Gasteiger partial charge in [0, 0.05) is 17.5 Å². The van der Waals surface area contributed by atoms with Gasteiger partial charge in [-0.2, -0.15) is 0 Å². The maximum absolute atomic E-state index is 5.53. The van der Waals surface area contributed by atoms with Gasteiger partial charge in [0.2, 0.25) is 0 Å². The molecule has 0 bridgehead atoms. The highest BCUT2D eigenvalue weighted by molar-refractivity contribution is 5.48. The second-order valence-electron chi connectivity index (χ2n) is 7.94. The van der Waals surface area contributed by atoms with Crippen LogP contribution in [-0.4, -0.2) is 16.0 Å². The average Bonchev–Trinajstić information content (AvgIpc) is 2.40. The first kappa shape index (κ1) is 16.0. The summed E-state index contributed by atoms with van der Waals surface area (Å²) < 4.78 is 0. The Kier molecular flexibility index (Phi) is 4.42. The van der Waals surface area contributed by atoms with Crippen LogP contribution < -0.4 is 16.6 Å². The van der Waals surface area contributed by atoms with Crippen molar-refractivity contribution in [2.45, 2.75) is 71.8 Å². The van der Waals surface area contributed by atoms with Gasteiger partial charge < -0.3 is 10.7 Å². The molecule has 0 spiro atoms. The molecule has 1 saturated carbocycles. The number of hydrogen-bond donors (Lipinski definition) is 3. The molecule has 0 aromatic carbocycles. The summed E-state index contributed by atoms with van der Waals surface area (Å²) in [5.41, 5.74) is 3.02. The zero-order valence-corrected chi connectivity index (χ0v) is 14.0. The Balaban J connectivity index is 2.13. The number of nitrogen functional groups attached to an aromatic ring is 1. The fourth-order valence-electron chi connectivity index (χ4n) is 2.68. The SMILES string of the molecule is CC1(C)CCC(Nc2cc(NN)nc(C(C)(C)C)n2)CC1. The standard InChI is InChI=1S/C16H29N5/c1-15(2,3)14-19-12(10-13(20-14)21-17)18-11-6-8-16(4,5)9-7-11/h10-11H,6-9,17H2,1-5H3,(H2,18,19,20,21). The fraction of sp³-hybridized carbons (Fsp3) is 0.750. The van der Waals surface area contributed by atoms with Crippen molar-refractivity contribution in [1.82, 2.24) is 9.97 Å². The summed E-state index contributed by atoms with van der Waals surface area (Å²) in [6.07, 6.45) is 4.88. The third-order valence-electron chi connectivity index (χ3n) is 4.24. The third kappa shape index (κ3) is 4.30. The molecule has 0 atom stereocenters. The van der Waals surface area contributed by atoms with Crippen LogP contribution in [0, 0.1) is 5.41 Å². The lowest BCUT2D eigenvalue weighted by Gasteiger charge is -2.35. The van der Waals surface area contributed by atoms with Crippen LogP contribution in [-0.2, 0) is 5.41 Å². The van der Waals surface area contributed by atoms with E-state index in [1.54, 1.807) is 0 Å². The molecule has 5 heteroatoms. The number of nitrogens with one attached hydrogen (secondary N) is 2. The van der Waals surface area contributed by atoms with Crippen molar-refractivity contribution in [1.29, 1.82) is 0 Å². The van der Waals surface area contributed by atoms with E-state index in [2.05, 4.69) is 55.3 Å². The summed E-state index contributed by atoms with van der Waals surface area (Å²) in [6, 6.07) is 2.38. The number of anilines is 2. The molecule has 0 unspecified atom stereocenters. The van der Waals surface area contributed by atoms with Crippen LogP contribution in [0.3, 0.4) is 0 Å². The monoisotopic (exact) mass is 291 g/mol. The van der Waals surface area contributed by atoms with Crippen LogP contribution in [0.25, 0.3) is 0 Å². The lowest BCUT2D eigenvalue weighted by molar-refractivity contribution is 0.232. The summed E-state index contributed by atoms with van der Waals surface area (Å²) in [6.45, 7) is 11.0. The Hall–Kier alpha value is -1.36. The molecule has 21 heavy (non-hydrogen) atoms. The molecular formula is C16H29N5. The molecule has 0 radical (unpaired) electrons. The molecule has 0 amide bonds. The minimum Gasteiger partial charge on any atom is -0.367 e. The second-order valence-corrected chi connectivity index (χ2v) is 7.94. The molecule has 0 aliphatic heterocycles. The Morgan fingerprint density at radius 2 is 1.71 bits per heavy atom. The van der Waals surface area contributed by atoms with Crippen LogP contribution in [0.5, 0.6) is 0 Å². The van der Waals surface area contributed by atoms with E-state index < -0.39 is 0 Å². The minimum absolute atomic E-state index is 0.0994. The summed E-state index contributed by atoms with van der Waals surface area (Å²) in [5.74, 6) is 7.86. The number of hydrazine groups is 1. The highest BCUT2D eigenvalue weighted by Crippen LogP contribution is 2.36. The van der Waals surface area contributed by atoms with E-state index in [4.69, 9.17) is 5.84 Å². The second kappa shape index (κ2) is 5.79. The van der Waals surface area contributed by atoms with Crippen molar-refractivity contribution >= 4 is 11.6 Å². The van der Waals surface area contributed by atoms with Crippen LogP contribution in [0.15, 0.2) is 6.07 Å². The van der Waals surface area contributed by atoms with Gasteiger partial charge in [0.05, 0.1) is 0 Å². The summed E-state index contributed by atoms with van der Waals surface area (Å²) in [7, 11) is 0. The Bertz CT molecular complexity index is 480. The fourth-order valence-corrected chi connectivity index (χ4v) is 2.68. The van der Waals surface area contributed by atoms with Gasteiger partial charge in [0.1, 0.15) is 17.5 Å². The van der Waals surface area contributed by atoms with Gasteiger partial charge in [0.15, 0.2) is 0 Å². The highest BCUT2D eigenvalue weighted by atomic mass is 15.3. The van der Waals surface area contributed by atoms with E-state index in [-0.39, 0.29) is 5.41 Å².